The fourth-order valence-electron chi connectivity index (χ4n) is 3.10. The standard InChI is InChI=1S/C19H13FN2/c1-2-22-11-10-15-18(13-6-4-3-5-7-13)21-17-9-8-14(20)12-16(17)19(15)22/h1,3-9,12H,10-11H2. The van der Waals surface area contributed by atoms with Gasteiger partial charge in [0.2, 0.25) is 0 Å². The first kappa shape index (κ1) is 12.8. The van der Waals surface area contributed by atoms with Crippen molar-refractivity contribution in [2.75, 3.05) is 11.4 Å². The molecule has 1 aliphatic rings. The van der Waals surface area contributed by atoms with Gasteiger partial charge in [0.25, 0.3) is 0 Å². The Morgan fingerprint density at radius 3 is 2.73 bits per heavy atom. The van der Waals surface area contributed by atoms with Crippen molar-refractivity contribution in [3.05, 3.63) is 59.9 Å². The van der Waals surface area contributed by atoms with Gasteiger partial charge >= 0.3 is 0 Å². The lowest BCUT2D eigenvalue weighted by Crippen LogP contribution is -2.12. The molecule has 0 radical (unpaired) electrons. The predicted octanol–water partition coefficient (Wildman–Crippen LogP) is 3.99. The zero-order valence-electron chi connectivity index (χ0n) is 11.9. The largest absolute Gasteiger partial charge is 0.300 e. The number of anilines is 1. The highest BCUT2D eigenvalue weighted by molar-refractivity contribution is 5.98. The Labute approximate surface area is 128 Å². The predicted molar refractivity (Wildman–Crippen MR) is 87.0 cm³/mol. The third-order valence-corrected chi connectivity index (χ3v) is 4.08. The number of benzene rings is 2. The molecule has 0 atom stereocenters. The topological polar surface area (TPSA) is 16.1 Å². The molecule has 3 heteroatoms. The first-order chi connectivity index (χ1) is 10.8. The smallest absolute Gasteiger partial charge is 0.124 e. The van der Waals surface area contributed by atoms with Gasteiger partial charge in [-0.2, -0.15) is 0 Å². The van der Waals surface area contributed by atoms with E-state index in [9.17, 15) is 4.39 Å². The zero-order chi connectivity index (χ0) is 15.1. The molecule has 0 amide bonds. The minimum Gasteiger partial charge on any atom is -0.300 e. The van der Waals surface area contributed by atoms with Gasteiger partial charge in [0.15, 0.2) is 0 Å². The summed E-state index contributed by atoms with van der Waals surface area (Å²) in [6.07, 6.45) is 6.45. The molecule has 2 nitrogen and oxygen atoms in total. The van der Waals surface area contributed by atoms with E-state index in [4.69, 9.17) is 11.4 Å². The Kier molecular flexibility index (Phi) is 2.83. The first-order valence-electron chi connectivity index (χ1n) is 7.19. The van der Waals surface area contributed by atoms with Crippen molar-refractivity contribution < 1.29 is 4.39 Å². The maximum absolute atomic E-state index is 13.7. The van der Waals surface area contributed by atoms with Crippen LogP contribution < -0.4 is 4.90 Å². The van der Waals surface area contributed by atoms with Crippen LogP contribution in [-0.2, 0) is 6.42 Å². The normalized spacial score (nSPS) is 13.2. The van der Waals surface area contributed by atoms with Crippen molar-refractivity contribution in [1.82, 2.24) is 4.98 Å². The maximum Gasteiger partial charge on any atom is 0.124 e. The van der Waals surface area contributed by atoms with Gasteiger partial charge in [0.05, 0.1) is 16.9 Å². The fraction of sp³-hybridized carbons (Fsp3) is 0.105. The molecule has 0 fully saturated rings. The van der Waals surface area contributed by atoms with Gasteiger partial charge < -0.3 is 4.90 Å². The number of fused-ring (bicyclic) bond motifs is 3. The Morgan fingerprint density at radius 2 is 1.95 bits per heavy atom. The molecule has 0 saturated heterocycles. The van der Waals surface area contributed by atoms with Gasteiger partial charge in [-0.25, -0.2) is 9.37 Å². The first-order valence-corrected chi connectivity index (χ1v) is 7.19. The summed E-state index contributed by atoms with van der Waals surface area (Å²) in [6.45, 7) is 0.739. The number of terminal acetylenes is 1. The summed E-state index contributed by atoms with van der Waals surface area (Å²) in [7, 11) is 0. The number of aromatic nitrogens is 1. The molecule has 106 valence electrons. The maximum atomic E-state index is 13.7. The average Bonchev–Trinajstić information content (AvgIpc) is 2.99. The SMILES string of the molecule is C#CN1CCc2c(-c3ccccc3)nc3ccc(F)cc3c21. The van der Waals surface area contributed by atoms with Crippen molar-refractivity contribution in [2.45, 2.75) is 6.42 Å². The number of rotatable bonds is 1. The number of nitrogens with zero attached hydrogens (tertiary/aromatic N) is 2. The Balaban J connectivity index is 2.09. The minimum absolute atomic E-state index is 0.271. The number of hydrogen-bond donors (Lipinski definition) is 0. The number of pyridine rings is 1. The molecule has 2 heterocycles. The van der Waals surface area contributed by atoms with E-state index in [1.807, 2.05) is 35.2 Å². The molecule has 0 unspecified atom stereocenters. The van der Waals surface area contributed by atoms with Crippen molar-refractivity contribution in [1.29, 1.82) is 0 Å². The molecule has 2 aromatic carbocycles. The number of hydrogen-bond acceptors (Lipinski definition) is 2. The van der Waals surface area contributed by atoms with E-state index in [0.29, 0.717) is 0 Å². The van der Waals surface area contributed by atoms with Crippen LogP contribution in [-0.4, -0.2) is 11.5 Å². The molecule has 0 spiro atoms. The third-order valence-electron chi connectivity index (χ3n) is 4.08. The van der Waals surface area contributed by atoms with Crippen LogP contribution in [0.2, 0.25) is 0 Å². The molecule has 1 aromatic heterocycles. The highest BCUT2D eigenvalue weighted by atomic mass is 19.1. The van der Waals surface area contributed by atoms with Crippen LogP contribution in [0.5, 0.6) is 0 Å². The lowest BCUT2D eigenvalue weighted by molar-refractivity contribution is 0.629. The molecule has 22 heavy (non-hydrogen) atoms. The van der Waals surface area contributed by atoms with Gasteiger partial charge in [0.1, 0.15) is 5.82 Å². The van der Waals surface area contributed by atoms with Crippen molar-refractivity contribution >= 4 is 16.6 Å². The Bertz CT molecular complexity index is 910. The van der Waals surface area contributed by atoms with Gasteiger partial charge in [-0.15, -0.1) is 0 Å². The van der Waals surface area contributed by atoms with E-state index in [1.165, 1.54) is 12.1 Å². The monoisotopic (exact) mass is 288 g/mol. The van der Waals surface area contributed by atoms with E-state index >= 15 is 0 Å². The van der Waals surface area contributed by atoms with Crippen molar-refractivity contribution in [3.63, 3.8) is 0 Å². The van der Waals surface area contributed by atoms with Crippen LogP contribution in [0.4, 0.5) is 10.1 Å². The quantitative estimate of drug-likeness (QED) is 0.629. The third kappa shape index (κ3) is 1.85. The summed E-state index contributed by atoms with van der Waals surface area (Å²) in [5.41, 5.74) is 4.78. The highest BCUT2D eigenvalue weighted by Crippen LogP contribution is 2.40. The summed E-state index contributed by atoms with van der Waals surface area (Å²) in [4.78, 5) is 6.62. The van der Waals surface area contributed by atoms with Gasteiger partial charge in [-0.3, -0.25) is 0 Å². The second-order valence-electron chi connectivity index (χ2n) is 5.35. The van der Waals surface area contributed by atoms with Crippen LogP contribution >= 0.6 is 0 Å². The zero-order valence-corrected chi connectivity index (χ0v) is 11.9. The van der Waals surface area contributed by atoms with Crippen molar-refractivity contribution in [3.8, 4) is 23.7 Å². The molecule has 0 saturated carbocycles. The summed E-state index contributed by atoms with van der Waals surface area (Å²) < 4.78 is 13.7. The summed E-state index contributed by atoms with van der Waals surface area (Å²) in [5.74, 6) is -0.271. The van der Waals surface area contributed by atoms with Crippen LogP contribution in [0.1, 0.15) is 5.56 Å². The molecule has 0 N–H and O–H groups in total. The second kappa shape index (κ2) is 4.85. The molecule has 4 rings (SSSR count). The van der Waals surface area contributed by atoms with E-state index < -0.39 is 0 Å². The van der Waals surface area contributed by atoms with Crippen LogP contribution in [0.15, 0.2) is 48.5 Å². The van der Waals surface area contributed by atoms with E-state index in [2.05, 4.69) is 6.04 Å². The molecule has 1 aliphatic heterocycles. The Morgan fingerprint density at radius 1 is 1.14 bits per heavy atom. The van der Waals surface area contributed by atoms with Crippen molar-refractivity contribution in [2.24, 2.45) is 0 Å². The van der Waals surface area contributed by atoms with Gasteiger partial charge in [-0.05, 0) is 24.6 Å². The molecular formula is C19H13FN2. The van der Waals surface area contributed by atoms with E-state index in [1.54, 1.807) is 6.07 Å². The molecular weight excluding hydrogens is 275 g/mol. The van der Waals surface area contributed by atoms with Gasteiger partial charge in [-0.1, -0.05) is 36.8 Å². The lowest BCUT2D eigenvalue weighted by atomic mass is 10.0. The minimum atomic E-state index is -0.271. The summed E-state index contributed by atoms with van der Waals surface area (Å²) >= 11 is 0. The average molecular weight is 288 g/mol. The van der Waals surface area contributed by atoms with E-state index in [0.717, 1.165) is 46.4 Å². The van der Waals surface area contributed by atoms with Crippen LogP contribution in [0.25, 0.3) is 22.2 Å². The number of halogens is 1. The Hall–Kier alpha value is -2.86. The molecule has 0 bridgehead atoms. The highest BCUT2D eigenvalue weighted by Gasteiger charge is 2.25. The second-order valence-corrected chi connectivity index (χ2v) is 5.35. The van der Waals surface area contributed by atoms with Gasteiger partial charge in [0, 0.05) is 29.1 Å². The fourth-order valence-corrected chi connectivity index (χ4v) is 3.10. The van der Waals surface area contributed by atoms with Crippen LogP contribution in [0.3, 0.4) is 0 Å². The lowest BCUT2D eigenvalue weighted by Gasteiger charge is -2.15. The molecule has 0 aliphatic carbocycles. The van der Waals surface area contributed by atoms with E-state index in [-0.39, 0.29) is 5.82 Å². The van der Waals surface area contributed by atoms with Crippen LogP contribution in [0, 0.1) is 18.3 Å². The summed E-state index contributed by atoms with van der Waals surface area (Å²) in [5, 5.41) is 0.783. The molecule has 3 aromatic rings. The summed E-state index contributed by atoms with van der Waals surface area (Å²) in [6, 6.07) is 17.4.